The number of carboxylic acids is 1. The fourth-order valence-electron chi connectivity index (χ4n) is 1.25. The summed E-state index contributed by atoms with van der Waals surface area (Å²) < 4.78 is 0. The molecule has 74 valence electrons. The first-order chi connectivity index (χ1) is 6.61. The number of rotatable bonds is 4. The van der Waals surface area contributed by atoms with Gasteiger partial charge in [-0.05, 0) is 18.9 Å². The van der Waals surface area contributed by atoms with Crippen LogP contribution >= 0.6 is 12.2 Å². The molecule has 0 aliphatic heterocycles. The van der Waals surface area contributed by atoms with Crippen molar-refractivity contribution in [1.29, 1.82) is 0 Å². The zero-order valence-corrected chi connectivity index (χ0v) is 8.75. The second kappa shape index (κ2) is 4.86. The van der Waals surface area contributed by atoms with Gasteiger partial charge in [0, 0.05) is 4.86 Å². The number of carboxylic acid groups (broad SMARTS) is 1. The zero-order chi connectivity index (χ0) is 10.6. The number of hydrogen-bond donors (Lipinski definition) is 1. The highest BCUT2D eigenvalue weighted by Gasteiger charge is 2.19. The van der Waals surface area contributed by atoms with E-state index < -0.39 is 11.9 Å². The summed E-state index contributed by atoms with van der Waals surface area (Å²) in [5.74, 6) is -1.39. The molecule has 0 amide bonds. The number of aliphatic carboxylic acids is 1. The molecule has 0 aromatic heterocycles. The van der Waals surface area contributed by atoms with Crippen LogP contribution in [0.25, 0.3) is 0 Å². The molecule has 1 rings (SSSR count). The first-order valence-electron chi connectivity index (χ1n) is 4.38. The SMILES string of the molecule is CC(=S)[C@@H](Cc1ccccc1)C(=O)O. The second-order valence-corrected chi connectivity index (χ2v) is 3.84. The Hall–Kier alpha value is -1.22. The van der Waals surface area contributed by atoms with E-state index in [1.165, 1.54) is 0 Å². The third-order valence-corrected chi connectivity index (χ3v) is 2.36. The van der Waals surface area contributed by atoms with Gasteiger partial charge in [0.15, 0.2) is 0 Å². The quantitative estimate of drug-likeness (QED) is 0.771. The van der Waals surface area contributed by atoms with Gasteiger partial charge in [0.1, 0.15) is 0 Å². The molecule has 1 aromatic rings. The standard InChI is InChI=1S/C11H12O2S/c1-8(14)10(11(12)13)7-9-5-3-2-4-6-9/h2-6,10H,7H2,1H3,(H,12,13)/t10-/m1/s1. The molecule has 0 saturated carbocycles. The van der Waals surface area contributed by atoms with Crippen molar-refractivity contribution in [3.8, 4) is 0 Å². The van der Waals surface area contributed by atoms with Gasteiger partial charge >= 0.3 is 5.97 Å². The maximum absolute atomic E-state index is 10.9. The summed E-state index contributed by atoms with van der Waals surface area (Å²) in [6.07, 6.45) is 0.478. The minimum Gasteiger partial charge on any atom is -0.481 e. The van der Waals surface area contributed by atoms with E-state index in [-0.39, 0.29) is 0 Å². The van der Waals surface area contributed by atoms with Crippen LogP contribution in [-0.4, -0.2) is 15.9 Å². The van der Waals surface area contributed by atoms with E-state index in [0.29, 0.717) is 11.3 Å². The van der Waals surface area contributed by atoms with Gasteiger partial charge in [0.25, 0.3) is 0 Å². The van der Waals surface area contributed by atoms with Gasteiger partial charge in [0.05, 0.1) is 5.92 Å². The number of carbonyl (C=O) groups is 1. The summed E-state index contributed by atoms with van der Waals surface area (Å²) in [5.41, 5.74) is 1.00. The lowest BCUT2D eigenvalue weighted by atomic mass is 9.97. The molecular formula is C11H12O2S. The van der Waals surface area contributed by atoms with Crippen LogP contribution in [0.15, 0.2) is 30.3 Å². The van der Waals surface area contributed by atoms with Gasteiger partial charge in [-0.3, -0.25) is 4.79 Å². The molecule has 0 radical (unpaired) electrons. The van der Waals surface area contributed by atoms with Crippen LogP contribution in [0.4, 0.5) is 0 Å². The molecule has 0 unspecified atom stereocenters. The van der Waals surface area contributed by atoms with Gasteiger partial charge in [-0.15, -0.1) is 0 Å². The van der Waals surface area contributed by atoms with Crippen LogP contribution in [0.5, 0.6) is 0 Å². The third kappa shape index (κ3) is 2.92. The molecule has 1 atom stereocenters. The minimum atomic E-state index is -0.846. The van der Waals surface area contributed by atoms with Gasteiger partial charge < -0.3 is 5.11 Å². The summed E-state index contributed by atoms with van der Waals surface area (Å²) in [6, 6.07) is 9.52. The summed E-state index contributed by atoms with van der Waals surface area (Å²) in [4.78, 5) is 11.4. The maximum Gasteiger partial charge on any atom is 0.311 e. The van der Waals surface area contributed by atoms with Crippen LogP contribution in [-0.2, 0) is 11.2 Å². The van der Waals surface area contributed by atoms with Crippen molar-refractivity contribution >= 4 is 23.1 Å². The lowest BCUT2D eigenvalue weighted by molar-refractivity contribution is -0.139. The summed E-state index contributed by atoms with van der Waals surface area (Å²) in [7, 11) is 0. The Morgan fingerprint density at radius 1 is 1.43 bits per heavy atom. The Kier molecular flexibility index (Phi) is 3.77. The van der Waals surface area contributed by atoms with E-state index in [2.05, 4.69) is 0 Å². The van der Waals surface area contributed by atoms with Crippen molar-refractivity contribution in [2.75, 3.05) is 0 Å². The zero-order valence-electron chi connectivity index (χ0n) is 7.93. The lowest BCUT2D eigenvalue weighted by Crippen LogP contribution is -2.22. The van der Waals surface area contributed by atoms with Crippen molar-refractivity contribution in [1.82, 2.24) is 0 Å². The molecule has 0 aliphatic rings. The highest BCUT2D eigenvalue weighted by molar-refractivity contribution is 7.80. The van der Waals surface area contributed by atoms with Crippen molar-refractivity contribution in [2.24, 2.45) is 5.92 Å². The first kappa shape index (κ1) is 10.9. The number of thiocarbonyl (C=S) groups is 1. The Labute approximate surface area is 88.6 Å². The smallest absolute Gasteiger partial charge is 0.311 e. The van der Waals surface area contributed by atoms with E-state index >= 15 is 0 Å². The molecule has 0 heterocycles. The topological polar surface area (TPSA) is 37.3 Å². The lowest BCUT2D eigenvalue weighted by Gasteiger charge is -2.10. The third-order valence-electron chi connectivity index (χ3n) is 2.07. The van der Waals surface area contributed by atoms with Gasteiger partial charge in [-0.25, -0.2) is 0 Å². The van der Waals surface area contributed by atoms with Gasteiger partial charge in [-0.1, -0.05) is 42.5 Å². The van der Waals surface area contributed by atoms with Crippen molar-refractivity contribution in [3.05, 3.63) is 35.9 Å². The molecule has 1 N–H and O–H groups in total. The maximum atomic E-state index is 10.9. The first-order valence-corrected chi connectivity index (χ1v) is 4.79. The van der Waals surface area contributed by atoms with Gasteiger partial charge in [0.2, 0.25) is 0 Å². The van der Waals surface area contributed by atoms with Crippen LogP contribution in [0.3, 0.4) is 0 Å². The Morgan fingerprint density at radius 2 is 2.00 bits per heavy atom. The normalized spacial score (nSPS) is 12.1. The molecular weight excluding hydrogens is 196 g/mol. The van der Waals surface area contributed by atoms with Crippen LogP contribution in [0, 0.1) is 5.92 Å². The van der Waals surface area contributed by atoms with E-state index in [0.717, 1.165) is 5.56 Å². The highest BCUT2D eigenvalue weighted by Crippen LogP contribution is 2.10. The molecule has 1 aromatic carbocycles. The highest BCUT2D eigenvalue weighted by atomic mass is 32.1. The predicted molar refractivity (Wildman–Crippen MR) is 59.5 cm³/mol. The average Bonchev–Trinajstić information content (AvgIpc) is 2.15. The van der Waals surface area contributed by atoms with Crippen molar-refractivity contribution in [3.63, 3.8) is 0 Å². The monoisotopic (exact) mass is 208 g/mol. The summed E-state index contributed by atoms with van der Waals surface area (Å²) in [6.45, 7) is 1.68. The van der Waals surface area contributed by atoms with Crippen molar-refractivity contribution in [2.45, 2.75) is 13.3 Å². The Bertz CT molecular complexity index is 318. The molecule has 0 fully saturated rings. The average molecular weight is 208 g/mol. The molecule has 0 spiro atoms. The van der Waals surface area contributed by atoms with Crippen molar-refractivity contribution < 1.29 is 9.90 Å². The largest absolute Gasteiger partial charge is 0.481 e. The molecule has 0 bridgehead atoms. The van der Waals surface area contributed by atoms with Crippen LogP contribution < -0.4 is 0 Å². The summed E-state index contributed by atoms with van der Waals surface area (Å²) in [5, 5.41) is 8.92. The molecule has 0 aliphatic carbocycles. The minimum absolute atomic E-state index is 0.478. The molecule has 2 nitrogen and oxygen atoms in total. The van der Waals surface area contributed by atoms with E-state index in [4.69, 9.17) is 17.3 Å². The molecule has 3 heteroatoms. The number of benzene rings is 1. The summed E-state index contributed by atoms with van der Waals surface area (Å²) >= 11 is 4.91. The van der Waals surface area contributed by atoms with Gasteiger partial charge in [-0.2, -0.15) is 0 Å². The van der Waals surface area contributed by atoms with E-state index in [1.54, 1.807) is 6.92 Å². The van der Waals surface area contributed by atoms with E-state index in [1.807, 2.05) is 30.3 Å². The Balaban J connectivity index is 2.75. The van der Waals surface area contributed by atoms with Crippen LogP contribution in [0.2, 0.25) is 0 Å². The van der Waals surface area contributed by atoms with E-state index in [9.17, 15) is 4.79 Å². The molecule has 14 heavy (non-hydrogen) atoms. The van der Waals surface area contributed by atoms with Crippen LogP contribution in [0.1, 0.15) is 12.5 Å². The molecule has 0 saturated heterocycles. The number of hydrogen-bond acceptors (Lipinski definition) is 2. The Morgan fingerprint density at radius 3 is 2.43 bits per heavy atom. The fraction of sp³-hybridized carbons (Fsp3) is 0.273. The second-order valence-electron chi connectivity index (χ2n) is 3.19. The predicted octanol–water partition coefficient (Wildman–Crippen LogP) is 2.32. The fourth-order valence-corrected chi connectivity index (χ4v) is 1.44.